The second kappa shape index (κ2) is 15.8. The maximum absolute atomic E-state index is 6.11. The standard InChI is InChI=1S/C20H42O2/c1-6-11-14-18(9-4)16-21-20(13-8-3)22-17-19(10-5)15-12-7-2/h18-20H,6-17H2,1-5H3. The fraction of sp³-hybridized carbons (Fsp3) is 1.00. The zero-order valence-electron chi connectivity index (χ0n) is 16.0. The quantitative estimate of drug-likeness (QED) is 0.300. The Morgan fingerprint density at radius 1 is 0.591 bits per heavy atom. The Labute approximate surface area is 140 Å². The Balaban J connectivity index is 4.11. The number of ether oxygens (including phenoxy) is 2. The van der Waals surface area contributed by atoms with Crippen LogP contribution in [0.5, 0.6) is 0 Å². The van der Waals surface area contributed by atoms with Crippen LogP contribution in [0.1, 0.15) is 98.8 Å². The van der Waals surface area contributed by atoms with Gasteiger partial charge < -0.3 is 9.47 Å². The molecule has 0 saturated carbocycles. The van der Waals surface area contributed by atoms with Crippen molar-refractivity contribution in [2.24, 2.45) is 11.8 Å². The van der Waals surface area contributed by atoms with E-state index in [-0.39, 0.29) is 6.29 Å². The van der Waals surface area contributed by atoms with Crippen molar-refractivity contribution in [3.63, 3.8) is 0 Å². The average molecular weight is 315 g/mol. The molecule has 0 aliphatic rings. The Hall–Kier alpha value is -0.0800. The van der Waals surface area contributed by atoms with Crippen molar-refractivity contribution in [1.82, 2.24) is 0 Å². The van der Waals surface area contributed by atoms with Gasteiger partial charge in [-0.1, -0.05) is 79.6 Å². The molecule has 134 valence electrons. The van der Waals surface area contributed by atoms with E-state index in [9.17, 15) is 0 Å². The molecular formula is C20H42O2. The molecule has 0 heterocycles. The lowest BCUT2D eigenvalue weighted by Gasteiger charge is -2.24. The molecule has 0 aliphatic heterocycles. The summed E-state index contributed by atoms with van der Waals surface area (Å²) in [5.41, 5.74) is 0. The van der Waals surface area contributed by atoms with Gasteiger partial charge in [0, 0.05) is 0 Å². The van der Waals surface area contributed by atoms with E-state index >= 15 is 0 Å². The molecule has 0 rings (SSSR count). The summed E-state index contributed by atoms with van der Waals surface area (Å²) in [5, 5.41) is 0. The van der Waals surface area contributed by atoms with Gasteiger partial charge in [-0.3, -0.25) is 0 Å². The monoisotopic (exact) mass is 314 g/mol. The molecule has 0 aromatic rings. The zero-order valence-corrected chi connectivity index (χ0v) is 16.0. The molecule has 0 aliphatic carbocycles. The molecule has 0 amide bonds. The normalized spacial score (nSPS) is 15.7. The fourth-order valence-corrected chi connectivity index (χ4v) is 2.73. The van der Waals surface area contributed by atoms with Crippen molar-refractivity contribution in [2.75, 3.05) is 13.2 Å². The highest BCUT2D eigenvalue weighted by molar-refractivity contribution is 4.59. The largest absolute Gasteiger partial charge is 0.352 e. The molecule has 2 atom stereocenters. The van der Waals surface area contributed by atoms with Crippen LogP contribution in [0.3, 0.4) is 0 Å². The van der Waals surface area contributed by atoms with E-state index in [2.05, 4.69) is 34.6 Å². The van der Waals surface area contributed by atoms with E-state index in [1.165, 1.54) is 51.4 Å². The van der Waals surface area contributed by atoms with Gasteiger partial charge in [-0.15, -0.1) is 0 Å². The minimum Gasteiger partial charge on any atom is -0.352 e. The first-order valence-corrected chi connectivity index (χ1v) is 9.94. The zero-order chi connectivity index (χ0) is 16.6. The third-order valence-corrected chi connectivity index (χ3v) is 4.65. The van der Waals surface area contributed by atoms with Crippen molar-refractivity contribution in [3.8, 4) is 0 Å². The summed E-state index contributed by atoms with van der Waals surface area (Å²) in [6.07, 6.45) is 12.4. The molecule has 2 unspecified atom stereocenters. The van der Waals surface area contributed by atoms with Crippen molar-refractivity contribution in [3.05, 3.63) is 0 Å². The number of rotatable bonds is 16. The minimum atomic E-state index is 0.0105. The van der Waals surface area contributed by atoms with Gasteiger partial charge in [0.05, 0.1) is 13.2 Å². The van der Waals surface area contributed by atoms with Crippen molar-refractivity contribution < 1.29 is 9.47 Å². The van der Waals surface area contributed by atoms with Crippen LogP contribution in [-0.2, 0) is 9.47 Å². The maximum atomic E-state index is 6.11. The summed E-state index contributed by atoms with van der Waals surface area (Å²) in [6.45, 7) is 13.0. The van der Waals surface area contributed by atoms with E-state index in [0.717, 1.165) is 26.1 Å². The smallest absolute Gasteiger partial charge is 0.157 e. The van der Waals surface area contributed by atoms with Crippen LogP contribution in [0.4, 0.5) is 0 Å². The van der Waals surface area contributed by atoms with Gasteiger partial charge in [-0.25, -0.2) is 0 Å². The highest BCUT2D eigenvalue weighted by Crippen LogP contribution is 2.18. The molecule has 0 radical (unpaired) electrons. The van der Waals surface area contributed by atoms with Crippen LogP contribution in [0.15, 0.2) is 0 Å². The van der Waals surface area contributed by atoms with Crippen LogP contribution < -0.4 is 0 Å². The van der Waals surface area contributed by atoms with Gasteiger partial charge in [-0.05, 0) is 31.1 Å². The van der Waals surface area contributed by atoms with Crippen molar-refractivity contribution in [2.45, 2.75) is 105 Å². The predicted octanol–water partition coefficient (Wildman–Crippen LogP) is 6.58. The second-order valence-electron chi connectivity index (χ2n) is 6.72. The summed E-state index contributed by atoms with van der Waals surface area (Å²) in [6, 6.07) is 0. The number of unbranched alkanes of at least 4 members (excludes halogenated alkanes) is 2. The maximum Gasteiger partial charge on any atom is 0.157 e. The Morgan fingerprint density at radius 2 is 1.05 bits per heavy atom. The van der Waals surface area contributed by atoms with Crippen molar-refractivity contribution in [1.29, 1.82) is 0 Å². The summed E-state index contributed by atoms with van der Waals surface area (Å²) in [7, 11) is 0. The van der Waals surface area contributed by atoms with E-state index in [0.29, 0.717) is 11.8 Å². The van der Waals surface area contributed by atoms with Gasteiger partial charge in [0.2, 0.25) is 0 Å². The van der Waals surface area contributed by atoms with Gasteiger partial charge in [0.25, 0.3) is 0 Å². The van der Waals surface area contributed by atoms with Crippen LogP contribution in [0.25, 0.3) is 0 Å². The molecule has 0 aromatic carbocycles. The fourth-order valence-electron chi connectivity index (χ4n) is 2.73. The van der Waals surface area contributed by atoms with Gasteiger partial charge in [0.15, 0.2) is 6.29 Å². The molecule has 0 fully saturated rings. The topological polar surface area (TPSA) is 18.5 Å². The summed E-state index contributed by atoms with van der Waals surface area (Å²) in [5.74, 6) is 1.40. The van der Waals surface area contributed by atoms with Gasteiger partial charge >= 0.3 is 0 Å². The molecule has 0 saturated heterocycles. The van der Waals surface area contributed by atoms with Crippen LogP contribution >= 0.6 is 0 Å². The Kier molecular flexibility index (Phi) is 15.7. The van der Waals surface area contributed by atoms with Gasteiger partial charge in [0.1, 0.15) is 0 Å². The van der Waals surface area contributed by atoms with Crippen LogP contribution in [0, 0.1) is 11.8 Å². The molecular weight excluding hydrogens is 272 g/mol. The highest BCUT2D eigenvalue weighted by atomic mass is 16.7. The Bertz CT molecular complexity index is 198. The number of hydrogen-bond acceptors (Lipinski definition) is 2. The molecule has 0 aromatic heterocycles. The van der Waals surface area contributed by atoms with E-state index < -0.39 is 0 Å². The van der Waals surface area contributed by atoms with Crippen molar-refractivity contribution >= 4 is 0 Å². The first-order chi connectivity index (χ1) is 10.7. The van der Waals surface area contributed by atoms with Crippen LogP contribution in [-0.4, -0.2) is 19.5 Å². The third kappa shape index (κ3) is 11.5. The average Bonchev–Trinajstić information content (AvgIpc) is 2.54. The summed E-state index contributed by atoms with van der Waals surface area (Å²) in [4.78, 5) is 0. The molecule has 0 bridgehead atoms. The second-order valence-corrected chi connectivity index (χ2v) is 6.72. The van der Waals surface area contributed by atoms with Crippen LogP contribution in [0.2, 0.25) is 0 Å². The first-order valence-electron chi connectivity index (χ1n) is 9.94. The van der Waals surface area contributed by atoms with E-state index in [1.54, 1.807) is 0 Å². The lowest BCUT2D eigenvalue weighted by atomic mass is 10.0. The lowest BCUT2D eigenvalue weighted by Crippen LogP contribution is -2.24. The van der Waals surface area contributed by atoms with E-state index in [1.807, 2.05) is 0 Å². The highest BCUT2D eigenvalue weighted by Gasteiger charge is 2.15. The molecule has 0 N–H and O–H groups in total. The van der Waals surface area contributed by atoms with Gasteiger partial charge in [-0.2, -0.15) is 0 Å². The molecule has 2 nitrogen and oxygen atoms in total. The predicted molar refractivity (Wildman–Crippen MR) is 97.2 cm³/mol. The minimum absolute atomic E-state index is 0.0105. The Morgan fingerprint density at radius 3 is 1.36 bits per heavy atom. The molecule has 22 heavy (non-hydrogen) atoms. The third-order valence-electron chi connectivity index (χ3n) is 4.65. The number of hydrogen-bond donors (Lipinski definition) is 0. The molecule has 0 spiro atoms. The van der Waals surface area contributed by atoms with E-state index in [4.69, 9.17) is 9.47 Å². The summed E-state index contributed by atoms with van der Waals surface area (Å²) < 4.78 is 12.2. The SMILES string of the molecule is CCCCC(CC)COC(CCC)OCC(CC)CCCC. The summed E-state index contributed by atoms with van der Waals surface area (Å²) >= 11 is 0. The lowest BCUT2D eigenvalue weighted by molar-refractivity contribution is -0.161. The first kappa shape index (κ1) is 21.9. The molecule has 2 heteroatoms.